The number of nitrogens with one attached hydrogen (secondary N) is 1. The molecule has 3 aliphatic rings. The third-order valence-electron chi connectivity index (χ3n) is 6.67. The highest BCUT2D eigenvalue weighted by molar-refractivity contribution is 5.55. The predicted molar refractivity (Wildman–Crippen MR) is 112 cm³/mol. The maximum atomic E-state index is 12.6. The van der Waals surface area contributed by atoms with Crippen molar-refractivity contribution in [1.82, 2.24) is 14.8 Å². The van der Waals surface area contributed by atoms with Crippen molar-refractivity contribution in [3.8, 4) is 6.07 Å². The van der Waals surface area contributed by atoms with E-state index in [1.807, 2.05) is 6.07 Å². The number of pyridine rings is 1. The molecule has 2 aromatic heterocycles. The number of ether oxygens (including phenoxy) is 1. The topological polar surface area (TPSA) is 92.8 Å². The van der Waals surface area contributed by atoms with E-state index in [0.717, 1.165) is 67.7 Å². The van der Waals surface area contributed by atoms with E-state index in [1.165, 1.54) is 18.4 Å². The van der Waals surface area contributed by atoms with Crippen LogP contribution in [0.25, 0.3) is 0 Å². The van der Waals surface area contributed by atoms with Gasteiger partial charge in [-0.05, 0) is 63.0 Å². The van der Waals surface area contributed by atoms with Crippen LogP contribution in [0.3, 0.4) is 0 Å². The molecule has 0 radical (unpaired) electrons. The van der Waals surface area contributed by atoms with Gasteiger partial charge in [0.25, 0.3) is 5.56 Å². The van der Waals surface area contributed by atoms with E-state index < -0.39 is 0 Å². The van der Waals surface area contributed by atoms with Gasteiger partial charge in [-0.1, -0.05) is 0 Å². The monoisotopic (exact) mass is 405 g/mol. The lowest BCUT2D eigenvalue weighted by molar-refractivity contribution is 0.107. The maximum absolute atomic E-state index is 12.6. The summed E-state index contributed by atoms with van der Waals surface area (Å²) in [6.07, 6.45) is 8.81. The Balaban J connectivity index is 1.28. The summed E-state index contributed by atoms with van der Waals surface area (Å²) in [7, 11) is 0. The van der Waals surface area contributed by atoms with Gasteiger partial charge in [-0.25, -0.2) is 9.67 Å². The van der Waals surface area contributed by atoms with Crippen LogP contribution in [0.5, 0.6) is 0 Å². The van der Waals surface area contributed by atoms with Gasteiger partial charge in [-0.2, -0.15) is 10.4 Å². The molecule has 0 amide bonds. The molecular formula is C23H27N5O2. The number of nitrogens with zero attached hydrogens (tertiary/aromatic N) is 4. The lowest BCUT2D eigenvalue weighted by atomic mass is 9.90. The molecule has 1 saturated carbocycles. The molecule has 3 heterocycles. The Labute approximate surface area is 176 Å². The number of rotatable bonds is 3. The molecule has 0 spiro atoms. The van der Waals surface area contributed by atoms with Crippen LogP contribution in [0.2, 0.25) is 0 Å². The number of hydrogen-bond acceptors (Lipinski definition) is 6. The number of aromatic nitrogens is 3. The first kappa shape index (κ1) is 19.3. The van der Waals surface area contributed by atoms with Gasteiger partial charge >= 0.3 is 0 Å². The fraction of sp³-hybridized carbons (Fsp3) is 0.565. The molecule has 2 aromatic rings. The zero-order chi connectivity index (χ0) is 20.5. The van der Waals surface area contributed by atoms with Crippen molar-refractivity contribution < 1.29 is 4.74 Å². The van der Waals surface area contributed by atoms with Crippen molar-refractivity contribution in [2.45, 2.75) is 76.5 Å². The lowest BCUT2D eigenvalue weighted by Crippen LogP contribution is -2.35. The minimum atomic E-state index is -0.0289. The summed E-state index contributed by atoms with van der Waals surface area (Å²) in [6.45, 7) is 1.16. The van der Waals surface area contributed by atoms with Gasteiger partial charge in [0.1, 0.15) is 11.9 Å². The molecule has 7 heteroatoms. The standard InChI is InChI=1S/C23H27N5O2/c24-13-16-11-15-3-1-2-4-20(15)26-23(16)25-18-5-7-19(8-6-18)28-22(29)12-17-14-30-10-9-21(17)27-28/h11-12,18-19H,1-10,14H2,(H,25,26). The summed E-state index contributed by atoms with van der Waals surface area (Å²) >= 11 is 0. The minimum absolute atomic E-state index is 0.0289. The van der Waals surface area contributed by atoms with E-state index >= 15 is 0 Å². The number of hydrogen-bond donors (Lipinski definition) is 1. The first-order chi connectivity index (χ1) is 14.7. The molecule has 1 N–H and O–H groups in total. The summed E-state index contributed by atoms with van der Waals surface area (Å²) in [6, 6.07) is 6.44. The fourth-order valence-electron chi connectivity index (χ4n) is 4.98. The van der Waals surface area contributed by atoms with Gasteiger partial charge in [0.05, 0.1) is 30.5 Å². The van der Waals surface area contributed by atoms with Crippen LogP contribution < -0.4 is 10.9 Å². The van der Waals surface area contributed by atoms with Gasteiger partial charge in [-0.3, -0.25) is 4.79 Å². The summed E-state index contributed by atoms with van der Waals surface area (Å²) in [5.41, 5.74) is 4.92. The first-order valence-corrected chi connectivity index (χ1v) is 11.1. The van der Waals surface area contributed by atoms with E-state index in [9.17, 15) is 10.1 Å². The van der Waals surface area contributed by atoms with Crippen LogP contribution in [0.4, 0.5) is 5.82 Å². The number of nitriles is 1. The summed E-state index contributed by atoms with van der Waals surface area (Å²) < 4.78 is 7.13. The molecule has 1 fully saturated rings. The Hall–Kier alpha value is -2.72. The molecule has 156 valence electrons. The van der Waals surface area contributed by atoms with Crippen LogP contribution in [0.1, 0.15) is 72.6 Å². The van der Waals surface area contributed by atoms with Crippen molar-refractivity contribution in [3.05, 3.63) is 50.6 Å². The van der Waals surface area contributed by atoms with Gasteiger partial charge in [0.15, 0.2) is 0 Å². The molecule has 0 saturated heterocycles. The maximum Gasteiger partial charge on any atom is 0.267 e. The Morgan fingerprint density at radius 3 is 2.73 bits per heavy atom. The summed E-state index contributed by atoms with van der Waals surface area (Å²) in [4.78, 5) is 17.4. The highest BCUT2D eigenvalue weighted by Gasteiger charge is 2.26. The average Bonchev–Trinajstić information content (AvgIpc) is 2.79. The van der Waals surface area contributed by atoms with Crippen LogP contribution >= 0.6 is 0 Å². The van der Waals surface area contributed by atoms with Crippen molar-refractivity contribution in [2.75, 3.05) is 11.9 Å². The minimum Gasteiger partial charge on any atom is -0.376 e. The number of anilines is 1. The van der Waals surface area contributed by atoms with E-state index in [4.69, 9.17) is 9.72 Å². The van der Waals surface area contributed by atoms with Crippen LogP contribution in [-0.2, 0) is 30.6 Å². The van der Waals surface area contributed by atoms with Gasteiger partial charge in [0, 0.05) is 29.8 Å². The molecule has 1 aliphatic heterocycles. The highest BCUT2D eigenvalue weighted by Crippen LogP contribution is 2.31. The highest BCUT2D eigenvalue weighted by atomic mass is 16.5. The molecule has 7 nitrogen and oxygen atoms in total. The molecule has 30 heavy (non-hydrogen) atoms. The van der Waals surface area contributed by atoms with E-state index in [0.29, 0.717) is 18.8 Å². The van der Waals surface area contributed by atoms with E-state index in [-0.39, 0.29) is 17.6 Å². The molecule has 0 bridgehead atoms. The van der Waals surface area contributed by atoms with E-state index in [2.05, 4.69) is 16.5 Å². The van der Waals surface area contributed by atoms with Crippen LogP contribution in [0.15, 0.2) is 16.9 Å². The lowest BCUT2D eigenvalue weighted by Gasteiger charge is -2.31. The Kier molecular flexibility index (Phi) is 5.26. The van der Waals surface area contributed by atoms with Gasteiger partial charge in [0.2, 0.25) is 0 Å². The molecule has 2 aliphatic carbocycles. The second-order valence-corrected chi connectivity index (χ2v) is 8.66. The fourth-order valence-corrected chi connectivity index (χ4v) is 4.98. The zero-order valence-corrected chi connectivity index (χ0v) is 17.2. The first-order valence-electron chi connectivity index (χ1n) is 11.1. The molecule has 0 aromatic carbocycles. The van der Waals surface area contributed by atoms with Crippen molar-refractivity contribution >= 4 is 5.82 Å². The Morgan fingerprint density at radius 2 is 1.90 bits per heavy atom. The molecule has 5 rings (SSSR count). The quantitative estimate of drug-likeness (QED) is 0.844. The normalized spacial score (nSPS) is 23.2. The zero-order valence-electron chi connectivity index (χ0n) is 17.2. The summed E-state index contributed by atoms with van der Waals surface area (Å²) in [5, 5.41) is 17.8. The van der Waals surface area contributed by atoms with Gasteiger partial charge < -0.3 is 10.1 Å². The SMILES string of the molecule is N#Cc1cc2c(nc1NC1CCC(n3nc4c(cc3=O)COCC4)CC1)CCCC2. The second kappa shape index (κ2) is 8.19. The second-order valence-electron chi connectivity index (χ2n) is 8.66. The van der Waals surface area contributed by atoms with Crippen molar-refractivity contribution in [2.24, 2.45) is 0 Å². The largest absolute Gasteiger partial charge is 0.376 e. The molecular weight excluding hydrogens is 378 g/mol. The van der Waals surface area contributed by atoms with Crippen LogP contribution in [-0.4, -0.2) is 27.4 Å². The third-order valence-corrected chi connectivity index (χ3v) is 6.67. The number of fused-ring (bicyclic) bond motifs is 2. The smallest absolute Gasteiger partial charge is 0.267 e. The Morgan fingerprint density at radius 1 is 1.07 bits per heavy atom. The average molecular weight is 406 g/mol. The number of aryl methyl sites for hydroxylation is 2. The van der Waals surface area contributed by atoms with Crippen molar-refractivity contribution in [1.29, 1.82) is 5.26 Å². The van der Waals surface area contributed by atoms with E-state index in [1.54, 1.807) is 10.7 Å². The third kappa shape index (κ3) is 3.72. The van der Waals surface area contributed by atoms with Crippen molar-refractivity contribution in [3.63, 3.8) is 0 Å². The predicted octanol–water partition coefficient (Wildman–Crippen LogP) is 3.06. The van der Waals surface area contributed by atoms with Crippen LogP contribution in [0, 0.1) is 11.3 Å². The molecule has 0 unspecified atom stereocenters. The summed E-state index contributed by atoms with van der Waals surface area (Å²) in [5.74, 6) is 0.727. The Bertz CT molecular complexity index is 1050. The molecule has 0 atom stereocenters. The van der Waals surface area contributed by atoms with Gasteiger partial charge in [-0.15, -0.1) is 0 Å².